The average molecular weight is 321 g/mol. The molecule has 0 unspecified atom stereocenters. The number of hydrogen-bond acceptors (Lipinski definition) is 3. The van der Waals surface area contributed by atoms with Gasteiger partial charge in [-0.2, -0.15) is 0 Å². The monoisotopic (exact) mass is 320 g/mol. The Bertz CT molecular complexity index is 557. The van der Waals surface area contributed by atoms with Gasteiger partial charge >= 0.3 is 0 Å². The fraction of sp³-hybridized carbons (Fsp3) is 0.267. The number of nitrogens with one attached hydrogen (secondary N) is 1. The van der Waals surface area contributed by atoms with Gasteiger partial charge in [-0.1, -0.05) is 34.6 Å². The summed E-state index contributed by atoms with van der Waals surface area (Å²) >= 11 is 3.55. The number of benzene rings is 1. The van der Waals surface area contributed by atoms with Gasteiger partial charge < -0.3 is 10.1 Å². The van der Waals surface area contributed by atoms with Crippen LogP contribution in [0.4, 0.5) is 0 Å². The fourth-order valence-electron chi connectivity index (χ4n) is 1.93. The van der Waals surface area contributed by atoms with Crippen LogP contribution in [0.15, 0.2) is 47.8 Å². The summed E-state index contributed by atoms with van der Waals surface area (Å²) in [4.78, 5) is 4.46. The third-order valence-electron chi connectivity index (χ3n) is 2.85. The molecule has 1 aromatic carbocycles. The molecule has 0 saturated heterocycles. The summed E-state index contributed by atoms with van der Waals surface area (Å²) in [6, 6.07) is 8.21. The zero-order valence-corrected chi connectivity index (χ0v) is 12.3. The van der Waals surface area contributed by atoms with E-state index in [9.17, 15) is 0 Å². The van der Waals surface area contributed by atoms with E-state index in [1.165, 1.54) is 11.8 Å². The standard InChI is InChI=1S/C15H17BrN2O/c1-2-19-10-4-8-17-11-12-6-7-14(16)13-5-3-9-18-15(12)13/h2-3,5-7,9,17H,1,4,8,10-11H2. The van der Waals surface area contributed by atoms with Crippen LogP contribution in [-0.2, 0) is 11.3 Å². The molecule has 1 aromatic heterocycles. The van der Waals surface area contributed by atoms with Crippen molar-refractivity contribution in [2.75, 3.05) is 13.2 Å². The zero-order valence-electron chi connectivity index (χ0n) is 10.7. The minimum atomic E-state index is 0.704. The lowest BCUT2D eigenvalue weighted by molar-refractivity contribution is 0.244. The quantitative estimate of drug-likeness (QED) is 0.624. The van der Waals surface area contributed by atoms with E-state index in [0.717, 1.165) is 34.9 Å². The Morgan fingerprint density at radius 3 is 3.11 bits per heavy atom. The second kappa shape index (κ2) is 7.26. The molecule has 1 N–H and O–H groups in total. The Morgan fingerprint density at radius 2 is 2.26 bits per heavy atom. The molecule has 0 bridgehead atoms. The molecular formula is C15H17BrN2O. The maximum atomic E-state index is 5.08. The first-order chi connectivity index (χ1) is 9.33. The second-order valence-corrected chi connectivity index (χ2v) is 5.03. The van der Waals surface area contributed by atoms with E-state index in [1.807, 2.05) is 12.3 Å². The molecule has 3 nitrogen and oxygen atoms in total. The van der Waals surface area contributed by atoms with Gasteiger partial charge in [-0.15, -0.1) is 0 Å². The van der Waals surface area contributed by atoms with Gasteiger partial charge in [-0.05, 0) is 30.7 Å². The molecule has 1 heterocycles. The molecule has 0 aliphatic carbocycles. The minimum absolute atomic E-state index is 0.704. The number of hydrogen-bond donors (Lipinski definition) is 1. The zero-order chi connectivity index (χ0) is 13.5. The summed E-state index contributed by atoms with van der Waals surface area (Å²) in [6.07, 6.45) is 4.27. The minimum Gasteiger partial charge on any atom is -0.502 e. The van der Waals surface area contributed by atoms with Crippen molar-refractivity contribution >= 4 is 26.8 Å². The number of pyridine rings is 1. The lowest BCUT2D eigenvalue weighted by Gasteiger charge is -2.08. The van der Waals surface area contributed by atoms with Gasteiger partial charge in [-0.3, -0.25) is 4.98 Å². The Labute approximate surface area is 121 Å². The van der Waals surface area contributed by atoms with Crippen molar-refractivity contribution in [1.29, 1.82) is 0 Å². The first-order valence-corrected chi connectivity index (χ1v) is 7.07. The summed E-state index contributed by atoms with van der Waals surface area (Å²) in [7, 11) is 0. The summed E-state index contributed by atoms with van der Waals surface area (Å²) in [6.45, 7) is 5.95. The molecule has 100 valence electrons. The van der Waals surface area contributed by atoms with E-state index in [-0.39, 0.29) is 0 Å². The topological polar surface area (TPSA) is 34.1 Å². The van der Waals surface area contributed by atoms with Gasteiger partial charge in [0, 0.05) is 22.6 Å². The maximum Gasteiger partial charge on any atom is 0.0885 e. The van der Waals surface area contributed by atoms with Crippen LogP contribution in [0.2, 0.25) is 0 Å². The Hall–Kier alpha value is -1.39. The van der Waals surface area contributed by atoms with Crippen LogP contribution in [0.5, 0.6) is 0 Å². The predicted octanol–water partition coefficient (Wildman–Crippen LogP) is 3.64. The van der Waals surface area contributed by atoms with Gasteiger partial charge in [-0.25, -0.2) is 0 Å². The van der Waals surface area contributed by atoms with Crippen molar-refractivity contribution in [2.45, 2.75) is 13.0 Å². The molecule has 0 saturated carbocycles. The molecule has 0 aliphatic rings. The number of rotatable bonds is 7. The molecule has 0 atom stereocenters. The third-order valence-corrected chi connectivity index (χ3v) is 3.54. The number of fused-ring (bicyclic) bond motifs is 1. The van der Waals surface area contributed by atoms with E-state index >= 15 is 0 Å². The van der Waals surface area contributed by atoms with Crippen LogP contribution in [0.3, 0.4) is 0 Å². The molecule has 0 spiro atoms. The molecular weight excluding hydrogens is 304 g/mol. The van der Waals surface area contributed by atoms with Crippen molar-refractivity contribution in [3.8, 4) is 0 Å². The Balaban J connectivity index is 1.97. The van der Waals surface area contributed by atoms with Crippen molar-refractivity contribution in [2.24, 2.45) is 0 Å². The lowest BCUT2D eigenvalue weighted by Crippen LogP contribution is -2.16. The van der Waals surface area contributed by atoms with E-state index in [4.69, 9.17) is 4.74 Å². The van der Waals surface area contributed by atoms with Crippen LogP contribution in [0.1, 0.15) is 12.0 Å². The molecule has 0 amide bonds. The molecule has 19 heavy (non-hydrogen) atoms. The lowest BCUT2D eigenvalue weighted by atomic mass is 10.1. The van der Waals surface area contributed by atoms with E-state index < -0.39 is 0 Å². The van der Waals surface area contributed by atoms with E-state index in [1.54, 1.807) is 0 Å². The largest absolute Gasteiger partial charge is 0.502 e. The van der Waals surface area contributed by atoms with Gasteiger partial charge in [0.15, 0.2) is 0 Å². The molecule has 0 radical (unpaired) electrons. The molecule has 2 rings (SSSR count). The highest BCUT2D eigenvalue weighted by atomic mass is 79.9. The highest BCUT2D eigenvalue weighted by molar-refractivity contribution is 9.10. The van der Waals surface area contributed by atoms with Crippen LogP contribution in [0.25, 0.3) is 10.9 Å². The van der Waals surface area contributed by atoms with Crippen LogP contribution in [-0.4, -0.2) is 18.1 Å². The SMILES string of the molecule is C=COCCCNCc1ccc(Br)c2cccnc12. The summed E-state index contributed by atoms with van der Waals surface area (Å²) in [5.74, 6) is 0. The highest BCUT2D eigenvalue weighted by Crippen LogP contribution is 2.24. The average Bonchev–Trinajstić information content (AvgIpc) is 2.45. The van der Waals surface area contributed by atoms with Gasteiger partial charge in [0.1, 0.15) is 0 Å². The highest BCUT2D eigenvalue weighted by Gasteiger charge is 2.04. The Kier molecular flexibility index (Phi) is 5.36. The molecule has 2 aromatic rings. The maximum absolute atomic E-state index is 5.08. The van der Waals surface area contributed by atoms with E-state index in [0.29, 0.717) is 6.61 Å². The number of aromatic nitrogens is 1. The molecule has 0 fully saturated rings. The molecule has 4 heteroatoms. The smallest absolute Gasteiger partial charge is 0.0885 e. The number of halogens is 1. The van der Waals surface area contributed by atoms with Gasteiger partial charge in [0.25, 0.3) is 0 Å². The van der Waals surface area contributed by atoms with E-state index in [2.05, 4.69) is 51.0 Å². The van der Waals surface area contributed by atoms with Crippen LogP contribution >= 0.6 is 15.9 Å². The predicted molar refractivity (Wildman–Crippen MR) is 81.9 cm³/mol. The first kappa shape index (κ1) is 14.0. The second-order valence-electron chi connectivity index (χ2n) is 4.17. The normalized spacial score (nSPS) is 10.6. The van der Waals surface area contributed by atoms with Crippen molar-refractivity contribution in [1.82, 2.24) is 10.3 Å². The fourth-order valence-corrected chi connectivity index (χ4v) is 2.38. The van der Waals surface area contributed by atoms with Crippen molar-refractivity contribution in [3.05, 3.63) is 53.3 Å². The van der Waals surface area contributed by atoms with Crippen LogP contribution < -0.4 is 5.32 Å². The Morgan fingerprint density at radius 1 is 1.37 bits per heavy atom. The molecule has 0 aliphatic heterocycles. The van der Waals surface area contributed by atoms with Gasteiger partial charge in [0.2, 0.25) is 0 Å². The number of ether oxygens (including phenoxy) is 1. The summed E-state index contributed by atoms with van der Waals surface area (Å²) in [5, 5.41) is 4.55. The van der Waals surface area contributed by atoms with Gasteiger partial charge in [0.05, 0.1) is 18.4 Å². The number of nitrogens with zero attached hydrogens (tertiary/aromatic N) is 1. The third kappa shape index (κ3) is 3.78. The summed E-state index contributed by atoms with van der Waals surface area (Å²) in [5.41, 5.74) is 2.26. The van der Waals surface area contributed by atoms with Crippen molar-refractivity contribution < 1.29 is 4.74 Å². The summed E-state index contributed by atoms with van der Waals surface area (Å²) < 4.78 is 6.16. The first-order valence-electron chi connectivity index (χ1n) is 6.28. The van der Waals surface area contributed by atoms with Crippen LogP contribution in [0, 0.1) is 0 Å². The van der Waals surface area contributed by atoms with Crippen molar-refractivity contribution in [3.63, 3.8) is 0 Å².